The SMILES string of the molecule is O=C(Nc1cccc(-c2nc3ccccc3s2)c1)c1ccc(N2C(=O)CCC2=O)cc1. The average Bonchev–Trinajstić information content (AvgIpc) is 3.37. The van der Waals surface area contributed by atoms with Gasteiger partial charge >= 0.3 is 0 Å². The van der Waals surface area contributed by atoms with Gasteiger partial charge in [0.15, 0.2) is 0 Å². The normalized spacial score (nSPS) is 13.7. The van der Waals surface area contributed by atoms with Gasteiger partial charge in [0.05, 0.1) is 15.9 Å². The molecule has 0 bridgehead atoms. The number of hydrogen-bond acceptors (Lipinski definition) is 5. The molecule has 1 aliphatic heterocycles. The Morgan fingerprint density at radius 2 is 1.65 bits per heavy atom. The number of anilines is 2. The summed E-state index contributed by atoms with van der Waals surface area (Å²) in [4.78, 5) is 42.3. The first-order chi connectivity index (χ1) is 15.1. The smallest absolute Gasteiger partial charge is 0.255 e. The lowest BCUT2D eigenvalue weighted by Gasteiger charge is -2.14. The van der Waals surface area contributed by atoms with E-state index in [0.717, 1.165) is 20.8 Å². The summed E-state index contributed by atoms with van der Waals surface area (Å²) in [6.45, 7) is 0. The standard InChI is InChI=1S/C24H17N3O3S/c28-21-12-13-22(29)27(21)18-10-8-15(9-11-18)23(30)25-17-5-3-4-16(14-17)24-26-19-6-1-2-7-20(19)31-24/h1-11,14H,12-13H2,(H,25,30). The topological polar surface area (TPSA) is 79.4 Å². The molecule has 0 saturated carbocycles. The first-order valence-electron chi connectivity index (χ1n) is 9.82. The van der Waals surface area contributed by atoms with Crippen LogP contribution in [-0.2, 0) is 9.59 Å². The predicted molar refractivity (Wildman–Crippen MR) is 121 cm³/mol. The zero-order valence-electron chi connectivity index (χ0n) is 16.4. The summed E-state index contributed by atoms with van der Waals surface area (Å²) in [6.07, 6.45) is 0.456. The number of amides is 3. The van der Waals surface area contributed by atoms with Gasteiger partial charge in [-0.3, -0.25) is 19.3 Å². The lowest BCUT2D eigenvalue weighted by Crippen LogP contribution is -2.28. The lowest BCUT2D eigenvalue weighted by molar-refractivity contribution is -0.121. The molecule has 0 spiro atoms. The highest BCUT2D eigenvalue weighted by molar-refractivity contribution is 7.21. The lowest BCUT2D eigenvalue weighted by atomic mass is 10.1. The molecule has 5 rings (SSSR count). The molecule has 1 aliphatic rings. The van der Waals surface area contributed by atoms with Crippen LogP contribution in [0.25, 0.3) is 20.8 Å². The average molecular weight is 427 g/mol. The summed E-state index contributed by atoms with van der Waals surface area (Å²) in [5.74, 6) is -0.699. The second kappa shape index (κ2) is 7.77. The summed E-state index contributed by atoms with van der Waals surface area (Å²) in [7, 11) is 0. The van der Waals surface area contributed by atoms with Gasteiger partial charge in [-0.25, -0.2) is 4.98 Å². The van der Waals surface area contributed by atoms with Crippen LogP contribution in [0.3, 0.4) is 0 Å². The van der Waals surface area contributed by atoms with Gasteiger partial charge in [0.25, 0.3) is 5.91 Å². The monoisotopic (exact) mass is 427 g/mol. The van der Waals surface area contributed by atoms with Crippen molar-refractivity contribution in [3.8, 4) is 10.6 Å². The van der Waals surface area contributed by atoms with Gasteiger partial charge < -0.3 is 5.32 Å². The van der Waals surface area contributed by atoms with Crippen molar-refractivity contribution < 1.29 is 14.4 Å². The van der Waals surface area contributed by atoms with Crippen LogP contribution in [0.2, 0.25) is 0 Å². The minimum atomic E-state index is -0.271. The summed E-state index contributed by atoms with van der Waals surface area (Å²) >= 11 is 1.60. The fraction of sp³-hybridized carbons (Fsp3) is 0.0833. The third-order valence-corrected chi connectivity index (χ3v) is 6.19. The number of aromatic nitrogens is 1. The van der Waals surface area contributed by atoms with Crippen LogP contribution in [0.15, 0.2) is 72.8 Å². The van der Waals surface area contributed by atoms with Crippen LogP contribution < -0.4 is 10.2 Å². The molecule has 1 N–H and O–H groups in total. The maximum atomic E-state index is 12.7. The number of nitrogens with one attached hydrogen (secondary N) is 1. The Morgan fingerprint density at radius 3 is 2.39 bits per heavy atom. The van der Waals surface area contributed by atoms with Gasteiger partial charge in [-0.1, -0.05) is 24.3 Å². The zero-order chi connectivity index (χ0) is 21.4. The highest BCUT2D eigenvalue weighted by Crippen LogP contribution is 2.31. The van der Waals surface area contributed by atoms with Crippen molar-refractivity contribution in [2.24, 2.45) is 0 Å². The van der Waals surface area contributed by atoms with Gasteiger partial charge in [0, 0.05) is 29.7 Å². The number of imide groups is 1. The van der Waals surface area contributed by atoms with Crippen molar-refractivity contribution >= 4 is 50.6 Å². The molecule has 1 fully saturated rings. The molecule has 3 amide bonds. The number of hydrogen-bond donors (Lipinski definition) is 1. The van der Waals surface area contributed by atoms with Crippen LogP contribution in [-0.4, -0.2) is 22.7 Å². The summed E-state index contributed by atoms with van der Waals surface area (Å²) in [5.41, 5.74) is 3.47. The number of para-hydroxylation sites is 1. The van der Waals surface area contributed by atoms with E-state index in [1.807, 2.05) is 48.5 Å². The predicted octanol–water partition coefficient (Wildman–Crippen LogP) is 4.87. The van der Waals surface area contributed by atoms with E-state index in [9.17, 15) is 14.4 Å². The van der Waals surface area contributed by atoms with E-state index in [2.05, 4.69) is 10.3 Å². The molecule has 2 heterocycles. The van der Waals surface area contributed by atoms with Crippen molar-refractivity contribution in [1.82, 2.24) is 4.98 Å². The van der Waals surface area contributed by atoms with Crippen molar-refractivity contribution in [3.63, 3.8) is 0 Å². The Labute approximate surface area is 182 Å². The Bertz CT molecular complexity index is 1280. The Morgan fingerprint density at radius 1 is 0.903 bits per heavy atom. The highest BCUT2D eigenvalue weighted by atomic mass is 32.1. The summed E-state index contributed by atoms with van der Waals surface area (Å²) < 4.78 is 1.11. The second-order valence-corrected chi connectivity index (χ2v) is 8.22. The van der Waals surface area contributed by atoms with Gasteiger partial charge in [-0.2, -0.15) is 0 Å². The molecular formula is C24H17N3O3S. The molecule has 0 atom stereocenters. The number of rotatable bonds is 4. The Balaban J connectivity index is 1.34. The minimum Gasteiger partial charge on any atom is -0.322 e. The second-order valence-electron chi connectivity index (χ2n) is 7.19. The molecule has 0 radical (unpaired) electrons. The van der Waals surface area contributed by atoms with E-state index in [1.54, 1.807) is 35.6 Å². The Kier molecular flexibility index (Phi) is 4.80. The molecule has 0 unspecified atom stereocenters. The molecule has 3 aromatic carbocycles. The van der Waals surface area contributed by atoms with Crippen LogP contribution in [0.1, 0.15) is 23.2 Å². The maximum absolute atomic E-state index is 12.7. The van der Waals surface area contributed by atoms with Gasteiger partial charge in [0.2, 0.25) is 11.8 Å². The quantitative estimate of drug-likeness (QED) is 0.471. The molecule has 1 saturated heterocycles. The van der Waals surface area contributed by atoms with Crippen molar-refractivity contribution in [1.29, 1.82) is 0 Å². The van der Waals surface area contributed by atoms with E-state index >= 15 is 0 Å². The first kappa shape index (κ1) is 19.1. The first-order valence-corrected chi connectivity index (χ1v) is 10.6. The highest BCUT2D eigenvalue weighted by Gasteiger charge is 2.30. The van der Waals surface area contributed by atoms with Crippen LogP contribution in [0.5, 0.6) is 0 Å². The van der Waals surface area contributed by atoms with E-state index < -0.39 is 0 Å². The fourth-order valence-electron chi connectivity index (χ4n) is 3.56. The Hall–Kier alpha value is -3.84. The third-order valence-electron chi connectivity index (χ3n) is 5.10. The van der Waals surface area contributed by atoms with E-state index in [4.69, 9.17) is 0 Å². The number of fused-ring (bicyclic) bond motifs is 1. The van der Waals surface area contributed by atoms with Crippen LogP contribution >= 0.6 is 11.3 Å². The van der Waals surface area contributed by atoms with Crippen LogP contribution in [0, 0.1) is 0 Å². The van der Waals surface area contributed by atoms with Crippen molar-refractivity contribution in [2.75, 3.05) is 10.2 Å². The molecule has 31 heavy (non-hydrogen) atoms. The van der Waals surface area contributed by atoms with E-state index in [0.29, 0.717) is 16.9 Å². The van der Waals surface area contributed by atoms with E-state index in [-0.39, 0.29) is 30.6 Å². The largest absolute Gasteiger partial charge is 0.322 e. The summed E-state index contributed by atoms with van der Waals surface area (Å²) in [5, 5.41) is 3.79. The summed E-state index contributed by atoms with van der Waals surface area (Å²) in [6, 6.07) is 22.0. The van der Waals surface area contributed by atoms with Crippen LogP contribution in [0.4, 0.5) is 11.4 Å². The molecule has 7 heteroatoms. The van der Waals surface area contributed by atoms with Crippen molar-refractivity contribution in [2.45, 2.75) is 12.8 Å². The zero-order valence-corrected chi connectivity index (χ0v) is 17.2. The number of nitrogens with zero attached hydrogens (tertiary/aromatic N) is 2. The molecular weight excluding hydrogens is 410 g/mol. The van der Waals surface area contributed by atoms with Gasteiger partial charge in [0.1, 0.15) is 5.01 Å². The number of thiazole rings is 1. The van der Waals surface area contributed by atoms with Gasteiger partial charge in [-0.15, -0.1) is 11.3 Å². The molecule has 4 aromatic rings. The third kappa shape index (κ3) is 3.71. The number of carbonyl (C=O) groups is 3. The molecule has 6 nitrogen and oxygen atoms in total. The molecule has 0 aliphatic carbocycles. The van der Waals surface area contributed by atoms with E-state index in [1.165, 1.54) is 4.90 Å². The minimum absolute atomic E-state index is 0.214. The van der Waals surface area contributed by atoms with Gasteiger partial charge in [-0.05, 0) is 48.5 Å². The maximum Gasteiger partial charge on any atom is 0.255 e. The number of benzene rings is 3. The van der Waals surface area contributed by atoms with Crippen molar-refractivity contribution in [3.05, 3.63) is 78.4 Å². The fourth-order valence-corrected chi connectivity index (χ4v) is 4.52. The molecule has 1 aromatic heterocycles. The number of carbonyl (C=O) groups excluding carboxylic acids is 3. The molecule has 152 valence electrons.